The maximum atomic E-state index is 6.04. The summed E-state index contributed by atoms with van der Waals surface area (Å²) in [5, 5.41) is 0.734. The van der Waals surface area contributed by atoms with Gasteiger partial charge in [-0.25, -0.2) is 0 Å². The lowest BCUT2D eigenvalue weighted by Crippen LogP contribution is -2.45. The Labute approximate surface area is 108 Å². The van der Waals surface area contributed by atoms with E-state index in [1.54, 1.807) is 0 Å². The molecule has 1 aromatic carbocycles. The van der Waals surface area contributed by atoms with Crippen LogP contribution in [0.5, 0.6) is 0 Å². The van der Waals surface area contributed by atoms with Crippen LogP contribution in [-0.2, 0) is 6.42 Å². The molecule has 2 N–H and O–H groups in total. The van der Waals surface area contributed by atoms with Gasteiger partial charge in [0.25, 0.3) is 0 Å². The summed E-state index contributed by atoms with van der Waals surface area (Å²) in [5.74, 6) is 0. The van der Waals surface area contributed by atoms with E-state index in [4.69, 9.17) is 5.73 Å². The van der Waals surface area contributed by atoms with Gasteiger partial charge in [0.15, 0.2) is 0 Å². The Morgan fingerprint density at radius 1 is 1.35 bits per heavy atom. The van der Waals surface area contributed by atoms with Crippen LogP contribution in [-0.4, -0.2) is 35.8 Å². The summed E-state index contributed by atoms with van der Waals surface area (Å²) in [6.45, 7) is 3.53. The minimum Gasteiger partial charge on any atom is -0.327 e. The van der Waals surface area contributed by atoms with E-state index in [0.29, 0.717) is 6.04 Å². The van der Waals surface area contributed by atoms with Gasteiger partial charge in [0, 0.05) is 29.3 Å². The first kappa shape index (κ1) is 11.6. The third-order valence-electron chi connectivity index (χ3n) is 3.72. The van der Waals surface area contributed by atoms with Crippen LogP contribution in [0.3, 0.4) is 0 Å². The van der Waals surface area contributed by atoms with Gasteiger partial charge in [-0.3, -0.25) is 0 Å². The van der Waals surface area contributed by atoms with Gasteiger partial charge >= 0.3 is 0 Å². The maximum absolute atomic E-state index is 6.04. The van der Waals surface area contributed by atoms with Crippen molar-refractivity contribution in [2.24, 2.45) is 5.73 Å². The van der Waals surface area contributed by atoms with E-state index < -0.39 is 0 Å². The molecular formula is C14H20N2S. The highest BCUT2D eigenvalue weighted by molar-refractivity contribution is 8.00. The number of thioether (sulfide) groups is 1. The SMILES string of the molecule is NC1CCCN(CC2Cc3ccccc3S2)C1. The Kier molecular flexibility index (Phi) is 3.41. The number of nitrogens with zero attached hydrogens (tertiary/aromatic N) is 1. The van der Waals surface area contributed by atoms with Crippen molar-refractivity contribution in [3.8, 4) is 0 Å². The van der Waals surface area contributed by atoms with Gasteiger partial charge in [0.2, 0.25) is 0 Å². The molecule has 0 spiro atoms. The second-order valence-electron chi connectivity index (χ2n) is 5.21. The van der Waals surface area contributed by atoms with Crippen molar-refractivity contribution in [3.63, 3.8) is 0 Å². The van der Waals surface area contributed by atoms with Crippen molar-refractivity contribution in [1.82, 2.24) is 4.90 Å². The quantitative estimate of drug-likeness (QED) is 0.869. The molecular weight excluding hydrogens is 228 g/mol. The summed E-state index contributed by atoms with van der Waals surface area (Å²) in [7, 11) is 0. The molecule has 0 aliphatic carbocycles. The first-order chi connectivity index (χ1) is 8.31. The molecule has 2 nitrogen and oxygen atoms in total. The molecule has 92 valence electrons. The number of hydrogen-bond acceptors (Lipinski definition) is 3. The standard InChI is InChI=1S/C14H20N2S/c15-12-5-3-7-16(9-12)10-13-8-11-4-1-2-6-14(11)17-13/h1-2,4,6,12-13H,3,5,7-10,15H2. The third kappa shape index (κ3) is 2.67. The first-order valence-electron chi connectivity index (χ1n) is 6.54. The number of fused-ring (bicyclic) bond motifs is 1. The van der Waals surface area contributed by atoms with Gasteiger partial charge in [-0.2, -0.15) is 0 Å². The Hall–Kier alpha value is -0.510. The zero-order valence-corrected chi connectivity index (χ0v) is 11.0. The number of hydrogen-bond donors (Lipinski definition) is 1. The lowest BCUT2D eigenvalue weighted by molar-refractivity contribution is 0.210. The Balaban J connectivity index is 1.58. The van der Waals surface area contributed by atoms with Crippen LogP contribution in [0.15, 0.2) is 29.2 Å². The summed E-state index contributed by atoms with van der Waals surface area (Å²) in [4.78, 5) is 4.04. The predicted molar refractivity (Wildman–Crippen MR) is 73.4 cm³/mol. The van der Waals surface area contributed by atoms with Crippen LogP contribution in [0.2, 0.25) is 0 Å². The van der Waals surface area contributed by atoms with E-state index in [0.717, 1.165) is 11.8 Å². The monoisotopic (exact) mass is 248 g/mol. The number of nitrogens with two attached hydrogens (primary N) is 1. The number of piperidine rings is 1. The predicted octanol–water partition coefficient (Wildman–Crippen LogP) is 2.13. The summed E-state index contributed by atoms with van der Waals surface area (Å²) in [5.41, 5.74) is 7.57. The maximum Gasteiger partial charge on any atom is 0.0263 e. The molecule has 1 saturated heterocycles. The molecule has 17 heavy (non-hydrogen) atoms. The highest BCUT2D eigenvalue weighted by atomic mass is 32.2. The van der Waals surface area contributed by atoms with Crippen LogP contribution in [0.4, 0.5) is 0 Å². The van der Waals surface area contributed by atoms with E-state index in [2.05, 4.69) is 29.2 Å². The van der Waals surface area contributed by atoms with E-state index in [9.17, 15) is 0 Å². The van der Waals surface area contributed by atoms with Crippen molar-refractivity contribution in [2.75, 3.05) is 19.6 Å². The third-order valence-corrected chi connectivity index (χ3v) is 5.02. The molecule has 1 fully saturated rings. The molecule has 0 bridgehead atoms. The van der Waals surface area contributed by atoms with Crippen molar-refractivity contribution in [2.45, 2.75) is 35.4 Å². The van der Waals surface area contributed by atoms with Crippen LogP contribution < -0.4 is 5.73 Å². The summed E-state index contributed by atoms with van der Waals surface area (Å²) >= 11 is 2.05. The highest BCUT2D eigenvalue weighted by Crippen LogP contribution is 2.37. The average molecular weight is 248 g/mol. The molecule has 0 aromatic heterocycles. The molecule has 3 heteroatoms. The molecule has 2 aliphatic heterocycles. The summed E-state index contributed by atoms with van der Waals surface area (Å²) < 4.78 is 0. The van der Waals surface area contributed by atoms with Crippen molar-refractivity contribution >= 4 is 11.8 Å². The molecule has 2 heterocycles. The minimum atomic E-state index is 0.400. The van der Waals surface area contributed by atoms with Crippen LogP contribution in [0.1, 0.15) is 18.4 Å². The average Bonchev–Trinajstić information content (AvgIpc) is 2.71. The first-order valence-corrected chi connectivity index (χ1v) is 7.42. The fourth-order valence-corrected chi connectivity index (χ4v) is 4.27. The Morgan fingerprint density at radius 2 is 2.24 bits per heavy atom. The minimum absolute atomic E-state index is 0.400. The molecule has 0 radical (unpaired) electrons. The Bertz CT molecular complexity index is 369. The number of benzene rings is 1. The molecule has 0 amide bonds. The van der Waals surface area contributed by atoms with Crippen LogP contribution >= 0.6 is 11.8 Å². The van der Waals surface area contributed by atoms with Gasteiger partial charge in [0.1, 0.15) is 0 Å². The van der Waals surface area contributed by atoms with Gasteiger partial charge in [-0.05, 0) is 37.4 Å². The number of likely N-dealkylation sites (tertiary alicyclic amines) is 1. The Morgan fingerprint density at radius 3 is 3.06 bits per heavy atom. The zero-order chi connectivity index (χ0) is 11.7. The van der Waals surface area contributed by atoms with E-state index in [1.165, 1.54) is 42.8 Å². The fraction of sp³-hybridized carbons (Fsp3) is 0.571. The van der Waals surface area contributed by atoms with Crippen molar-refractivity contribution in [1.29, 1.82) is 0 Å². The second-order valence-corrected chi connectivity index (χ2v) is 6.56. The molecule has 2 aliphatic rings. The fourth-order valence-electron chi connectivity index (χ4n) is 2.90. The van der Waals surface area contributed by atoms with Gasteiger partial charge in [-0.15, -0.1) is 11.8 Å². The summed E-state index contributed by atoms with van der Waals surface area (Å²) in [6.07, 6.45) is 3.70. The molecule has 1 aromatic rings. The normalized spacial score (nSPS) is 29.2. The molecule has 2 unspecified atom stereocenters. The second kappa shape index (κ2) is 5.01. The smallest absolute Gasteiger partial charge is 0.0263 e. The topological polar surface area (TPSA) is 29.3 Å². The lowest BCUT2D eigenvalue weighted by atomic mass is 10.1. The molecule has 0 saturated carbocycles. The van der Waals surface area contributed by atoms with E-state index >= 15 is 0 Å². The van der Waals surface area contributed by atoms with Gasteiger partial charge < -0.3 is 10.6 Å². The largest absolute Gasteiger partial charge is 0.327 e. The zero-order valence-electron chi connectivity index (χ0n) is 10.1. The van der Waals surface area contributed by atoms with E-state index in [1.807, 2.05) is 11.8 Å². The van der Waals surface area contributed by atoms with Gasteiger partial charge in [0.05, 0.1) is 0 Å². The summed E-state index contributed by atoms with van der Waals surface area (Å²) in [6, 6.07) is 9.22. The van der Waals surface area contributed by atoms with Crippen molar-refractivity contribution in [3.05, 3.63) is 29.8 Å². The number of rotatable bonds is 2. The van der Waals surface area contributed by atoms with Gasteiger partial charge in [-0.1, -0.05) is 18.2 Å². The van der Waals surface area contributed by atoms with Crippen molar-refractivity contribution < 1.29 is 0 Å². The lowest BCUT2D eigenvalue weighted by Gasteiger charge is -2.32. The molecule has 3 rings (SSSR count). The van der Waals surface area contributed by atoms with E-state index in [-0.39, 0.29) is 0 Å². The highest BCUT2D eigenvalue weighted by Gasteiger charge is 2.25. The molecule has 2 atom stereocenters. The van der Waals surface area contributed by atoms with Crippen LogP contribution in [0.25, 0.3) is 0 Å². The van der Waals surface area contributed by atoms with Crippen LogP contribution in [0, 0.1) is 0 Å².